The van der Waals surface area contributed by atoms with Crippen LogP contribution in [0.5, 0.6) is 0 Å². The largest absolute Gasteiger partial charge is 0.464 e. The molecule has 0 radical (unpaired) electrons. The predicted octanol–water partition coefficient (Wildman–Crippen LogP) is 2.75. The minimum absolute atomic E-state index is 0.297. The Morgan fingerprint density at radius 3 is 2.52 bits per heavy atom. The highest BCUT2D eigenvalue weighted by molar-refractivity contribution is 5.81. The minimum Gasteiger partial charge on any atom is -0.464 e. The van der Waals surface area contributed by atoms with Crippen molar-refractivity contribution in [1.82, 2.24) is 9.78 Å². The van der Waals surface area contributed by atoms with E-state index in [0.29, 0.717) is 6.61 Å². The molecule has 21 heavy (non-hydrogen) atoms. The molecule has 5 heteroatoms. The van der Waals surface area contributed by atoms with Crippen molar-refractivity contribution < 1.29 is 9.53 Å². The van der Waals surface area contributed by atoms with E-state index in [0.717, 1.165) is 16.9 Å². The molecule has 2 aromatic rings. The van der Waals surface area contributed by atoms with Crippen molar-refractivity contribution in [3.05, 3.63) is 47.3 Å². The summed E-state index contributed by atoms with van der Waals surface area (Å²) in [7, 11) is 1.85. The highest BCUT2D eigenvalue weighted by Gasteiger charge is 2.25. The second-order valence-corrected chi connectivity index (χ2v) is 5.00. The quantitative estimate of drug-likeness (QED) is 0.859. The van der Waals surface area contributed by atoms with Crippen LogP contribution >= 0.6 is 0 Å². The molecule has 0 aliphatic rings. The van der Waals surface area contributed by atoms with Crippen molar-refractivity contribution >= 4 is 11.7 Å². The summed E-state index contributed by atoms with van der Waals surface area (Å²) < 4.78 is 6.93. The number of hydrogen-bond donors (Lipinski definition) is 1. The zero-order valence-electron chi connectivity index (χ0n) is 12.9. The number of hydrogen-bond acceptors (Lipinski definition) is 4. The van der Waals surface area contributed by atoms with Gasteiger partial charge in [-0.05, 0) is 32.9 Å². The predicted molar refractivity (Wildman–Crippen MR) is 82.1 cm³/mol. The number of aryl methyl sites for hydroxylation is 2. The van der Waals surface area contributed by atoms with Crippen LogP contribution in [-0.2, 0) is 16.6 Å². The molecule has 1 unspecified atom stereocenters. The number of nitrogens with one attached hydrogen (secondary N) is 1. The third-order valence-electron chi connectivity index (χ3n) is 3.47. The number of benzene rings is 1. The molecular weight excluding hydrogens is 266 g/mol. The van der Waals surface area contributed by atoms with Crippen molar-refractivity contribution in [3.63, 3.8) is 0 Å². The van der Waals surface area contributed by atoms with Crippen LogP contribution in [-0.4, -0.2) is 22.4 Å². The van der Waals surface area contributed by atoms with Gasteiger partial charge in [0.2, 0.25) is 0 Å². The van der Waals surface area contributed by atoms with Crippen molar-refractivity contribution in [2.45, 2.75) is 26.8 Å². The molecule has 0 saturated heterocycles. The molecule has 0 aliphatic carbocycles. The van der Waals surface area contributed by atoms with E-state index in [2.05, 4.69) is 10.4 Å². The van der Waals surface area contributed by atoms with E-state index in [-0.39, 0.29) is 5.97 Å². The van der Waals surface area contributed by atoms with Crippen molar-refractivity contribution in [3.8, 4) is 0 Å². The average molecular weight is 287 g/mol. The molecule has 0 aliphatic heterocycles. The fourth-order valence-corrected chi connectivity index (χ4v) is 2.10. The Morgan fingerprint density at radius 1 is 1.33 bits per heavy atom. The number of ether oxygens (including phenoxy) is 1. The number of anilines is 1. The van der Waals surface area contributed by atoms with E-state index in [1.807, 2.05) is 45.2 Å². The molecule has 0 bridgehead atoms. The first-order chi connectivity index (χ1) is 10.0. The minimum atomic E-state index is -0.554. The first-order valence-electron chi connectivity index (χ1n) is 7.01. The number of rotatable bonds is 5. The first kappa shape index (κ1) is 15.1. The lowest BCUT2D eigenvalue weighted by Gasteiger charge is -2.18. The van der Waals surface area contributed by atoms with E-state index in [9.17, 15) is 4.79 Å². The van der Waals surface area contributed by atoms with Gasteiger partial charge in [-0.25, -0.2) is 4.79 Å². The molecule has 112 valence electrons. The SMILES string of the molecule is CCOC(=O)C(Nc1ccc(C)cc1)c1cnn(C)c1C. The molecule has 1 heterocycles. The van der Waals surface area contributed by atoms with Gasteiger partial charge in [-0.2, -0.15) is 5.10 Å². The van der Waals surface area contributed by atoms with Gasteiger partial charge in [0.05, 0.1) is 12.8 Å². The molecule has 5 nitrogen and oxygen atoms in total. The van der Waals surface area contributed by atoms with Gasteiger partial charge >= 0.3 is 5.97 Å². The number of nitrogens with zero attached hydrogens (tertiary/aromatic N) is 2. The molecule has 0 spiro atoms. The lowest BCUT2D eigenvalue weighted by Crippen LogP contribution is -2.24. The molecule has 0 fully saturated rings. The van der Waals surface area contributed by atoms with Gasteiger partial charge in [-0.3, -0.25) is 4.68 Å². The normalized spacial score (nSPS) is 12.0. The number of esters is 1. The second-order valence-electron chi connectivity index (χ2n) is 5.00. The lowest BCUT2D eigenvalue weighted by atomic mass is 10.1. The average Bonchev–Trinajstić information content (AvgIpc) is 2.79. The summed E-state index contributed by atoms with van der Waals surface area (Å²) in [6, 6.07) is 7.35. The molecule has 1 aromatic carbocycles. The van der Waals surface area contributed by atoms with E-state index < -0.39 is 6.04 Å². The highest BCUT2D eigenvalue weighted by atomic mass is 16.5. The summed E-state index contributed by atoms with van der Waals surface area (Å²) in [5.41, 5.74) is 3.82. The van der Waals surface area contributed by atoms with Gasteiger partial charge in [0.1, 0.15) is 0 Å². The van der Waals surface area contributed by atoms with Crippen LogP contribution in [0, 0.1) is 13.8 Å². The Balaban J connectivity index is 2.30. The molecule has 0 amide bonds. The summed E-state index contributed by atoms with van der Waals surface area (Å²) in [5, 5.41) is 7.44. The fraction of sp³-hybridized carbons (Fsp3) is 0.375. The van der Waals surface area contributed by atoms with Crippen LogP contribution in [0.4, 0.5) is 5.69 Å². The lowest BCUT2D eigenvalue weighted by molar-refractivity contribution is -0.144. The fourth-order valence-electron chi connectivity index (χ4n) is 2.10. The summed E-state index contributed by atoms with van der Waals surface area (Å²) in [6.45, 7) is 6.12. The third-order valence-corrected chi connectivity index (χ3v) is 3.47. The van der Waals surface area contributed by atoms with Gasteiger partial charge in [-0.1, -0.05) is 17.7 Å². The number of carbonyl (C=O) groups excluding carboxylic acids is 1. The van der Waals surface area contributed by atoms with E-state index in [1.54, 1.807) is 17.8 Å². The summed E-state index contributed by atoms with van der Waals surface area (Å²) in [6.07, 6.45) is 1.71. The summed E-state index contributed by atoms with van der Waals surface area (Å²) in [4.78, 5) is 12.3. The van der Waals surface area contributed by atoms with Gasteiger partial charge in [0.25, 0.3) is 0 Å². The van der Waals surface area contributed by atoms with E-state index in [1.165, 1.54) is 5.56 Å². The maximum Gasteiger partial charge on any atom is 0.333 e. The monoisotopic (exact) mass is 287 g/mol. The zero-order chi connectivity index (χ0) is 15.4. The van der Waals surface area contributed by atoms with Crippen molar-refractivity contribution in [2.75, 3.05) is 11.9 Å². The van der Waals surface area contributed by atoms with Crippen LogP contribution < -0.4 is 5.32 Å². The van der Waals surface area contributed by atoms with Crippen LogP contribution in [0.25, 0.3) is 0 Å². The Morgan fingerprint density at radius 2 is 2.00 bits per heavy atom. The maximum absolute atomic E-state index is 12.3. The van der Waals surface area contributed by atoms with Gasteiger partial charge in [-0.15, -0.1) is 0 Å². The Labute approximate surface area is 124 Å². The topological polar surface area (TPSA) is 56.1 Å². The zero-order valence-corrected chi connectivity index (χ0v) is 12.9. The maximum atomic E-state index is 12.3. The summed E-state index contributed by atoms with van der Waals surface area (Å²) in [5.74, 6) is -0.297. The molecule has 2 rings (SSSR count). The molecule has 1 atom stereocenters. The smallest absolute Gasteiger partial charge is 0.333 e. The van der Waals surface area contributed by atoms with Crippen LogP contribution in [0.3, 0.4) is 0 Å². The Bertz CT molecular complexity index is 617. The van der Waals surface area contributed by atoms with Gasteiger partial charge in [0, 0.05) is 24.0 Å². The van der Waals surface area contributed by atoms with Gasteiger partial charge < -0.3 is 10.1 Å². The van der Waals surface area contributed by atoms with Gasteiger partial charge in [0.15, 0.2) is 6.04 Å². The molecule has 1 aromatic heterocycles. The summed E-state index contributed by atoms with van der Waals surface area (Å²) >= 11 is 0. The van der Waals surface area contributed by atoms with E-state index in [4.69, 9.17) is 4.74 Å². The van der Waals surface area contributed by atoms with E-state index >= 15 is 0 Å². The van der Waals surface area contributed by atoms with Crippen LogP contribution in [0.2, 0.25) is 0 Å². The number of aromatic nitrogens is 2. The molecular formula is C16H21N3O2. The van der Waals surface area contributed by atoms with Crippen LogP contribution in [0.1, 0.15) is 29.8 Å². The van der Waals surface area contributed by atoms with Crippen LogP contribution in [0.15, 0.2) is 30.5 Å². The second kappa shape index (κ2) is 6.43. The number of carbonyl (C=O) groups is 1. The highest BCUT2D eigenvalue weighted by Crippen LogP contribution is 2.23. The van der Waals surface area contributed by atoms with Crippen molar-refractivity contribution in [2.24, 2.45) is 7.05 Å². The molecule has 1 N–H and O–H groups in total. The van der Waals surface area contributed by atoms with Crippen molar-refractivity contribution in [1.29, 1.82) is 0 Å². The third kappa shape index (κ3) is 3.42. The Kier molecular flexibility index (Phi) is 4.62. The standard InChI is InChI=1S/C16H21N3O2/c1-5-21-16(20)15(14-10-17-19(4)12(14)3)18-13-8-6-11(2)7-9-13/h6-10,15,18H,5H2,1-4H3. The first-order valence-corrected chi connectivity index (χ1v) is 7.01. The Hall–Kier alpha value is -2.30. The molecule has 0 saturated carbocycles.